The average molecular weight is 358 g/mol. The number of hydrogen-bond acceptors (Lipinski definition) is 3. The van der Waals surface area contributed by atoms with E-state index in [2.05, 4.69) is 10.3 Å². The molecule has 0 atom stereocenters. The zero-order valence-corrected chi connectivity index (χ0v) is 14.5. The van der Waals surface area contributed by atoms with Gasteiger partial charge in [0.25, 0.3) is 5.91 Å². The predicted molar refractivity (Wildman–Crippen MR) is 105 cm³/mol. The molecular formula is C22H18N2O3. The molecule has 0 fully saturated rings. The van der Waals surface area contributed by atoms with E-state index in [-0.39, 0.29) is 11.7 Å². The number of nitrogens with one attached hydrogen (secondary N) is 2. The molecule has 0 bridgehead atoms. The van der Waals surface area contributed by atoms with Crippen molar-refractivity contribution in [2.24, 2.45) is 0 Å². The third-order valence-corrected chi connectivity index (χ3v) is 4.24. The molecule has 0 aliphatic heterocycles. The van der Waals surface area contributed by atoms with Crippen LogP contribution in [-0.4, -0.2) is 16.0 Å². The molecule has 3 N–H and O–H groups in total. The highest BCUT2D eigenvalue weighted by Crippen LogP contribution is 2.25. The lowest BCUT2D eigenvalue weighted by Gasteiger charge is -2.06. The van der Waals surface area contributed by atoms with Crippen molar-refractivity contribution in [3.8, 4) is 11.5 Å². The number of aromatic amines is 1. The number of fused-ring (bicyclic) bond motifs is 1. The lowest BCUT2D eigenvalue weighted by Crippen LogP contribution is -2.12. The fraction of sp³-hybridized carbons (Fsp3) is 0.0455. The van der Waals surface area contributed by atoms with Crippen LogP contribution in [-0.2, 0) is 6.61 Å². The average Bonchev–Trinajstić information content (AvgIpc) is 3.12. The Bertz CT molecular complexity index is 1090. The standard InChI is InChI=1S/C22H18N2O3/c25-21-9-5-4-8-18(21)24-22(26)20-12-16-10-11-17(13-19(16)23-20)27-14-15-6-2-1-3-7-15/h1-13,23,25H,14H2,(H,24,26). The molecule has 4 rings (SSSR count). The van der Waals surface area contributed by atoms with Gasteiger partial charge >= 0.3 is 0 Å². The van der Waals surface area contributed by atoms with E-state index in [1.807, 2.05) is 48.5 Å². The molecule has 5 heteroatoms. The van der Waals surface area contributed by atoms with E-state index in [9.17, 15) is 9.90 Å². The maximum absolute atomic E-state index is 12.4. The number of hydrogen-bond donors (Lipinski definition) is 3. The monoisotopic (exact) mass is 358 g/mol. The van der Waals surface area contributed by atoms with Crippen molar-refractivity contribution in [1.29, 1.82) is 0 Å². The number of benzene rings is 3. The van der Waals surface area contributed by atoms with Crippen molar-refractivity contribution in [2.75, 3.05) is 5.32 Å². The number of aromatic hydroxyl groups is 1. The fourth-order valence-electron chi connectivity index (χ4n) is 2.83. The van der Waals surface area contributed by atoms with Crippen LogP contribution in [0.3, 0.4) is 0 Å². The number of anilines is 1. The number of carbonyl (C=O) groups excluding carboxylic acids is 1. The first-order chi connectivity index (χ1) is 13.2. The maximum atomic E-state index is 12.4. The third-order valence-electron chi connectivity index (χ3n) is 4.24. The van der Waals surface area contributed by atoms with Gasteiger partial charge in [-0.25, -0.2) is 0 Å². The molecule has 0 spiro atoms. The van der Waals surface area contributed by atoms with Gasteiger partial charge in [0.05, 0.1) is 5.69 Å². The molecule has 0 aliphatic carbocycles. The second kappa shape index (κ2) is 7.25. The number of para-hydroxylation sites is 2. The molecule has 4 aromatic rings. The Kier molecular flexibility index (Phi) is 4.49. The van der Waals surface area contributed by atoms with E-state index >= 15 is 0 Å². The quantitative estimate of drug-likeness (QED) is 0.453. The summed E-state index contributed by atoms with van der Waals surface area (Å²) in [6, 6.07) is 24.0. The van der Waals surface area contributed by atoms with Crippen LogP contribution < -0.4 is 10.1 Å². The molecule has 0 saturated heterocycles. The Morgan fingerprint density at radius 1 is 0.963 bits per heavy atom. The van der Waals surface area contributed by atoms with E-state index in [0.29, 0.717) is 18.0 Å². The van der Waals surface area contributed by atoms with Gasteiger partial charge in [0.2, 0.25) is 0 Å². The zero-order chi connectivity index (χ0) is 18.6. The fourth-order valence-corrected chi connectivity index (χ4v) is 2.83. The molecule has 27 heavy (non-hydrogen) atoms. The smallest absolute Gasteiger partial charge is 0.272 e. The van der Waals surface area contributed by atoms with Crippen LogP contribution in [0.25, 0.3) is 10.9 Å². The van der Waals surface area contributed by atoms with E-state index in [1.54, 1.807) is 24.3 Å². The normalized spacial score (nSPS) is 10.7. The van der Waals surface area contributed by atoms with Crippen molar-refractivity contribution in [2.45, 2.75) is 6.61 Å². The lowest BCUT2D eigenvalue weighted by atomic mass is 10.2. The summed E-state index contributed by atoms with van der Waals surface area (Å²) in [5, 5.41) is 13.4. The summed E-state index contributed by atoms with van der Waals surface area (Å²) in [6.07, 6.45) is 0. The Morgan fingerprint density at radius 2 is 1.74 bits per heavy atom. The Hall–Kier alpha value is -3.73. The van der Waals surface area contributed by atoms with Crippen molar-refractivity contribution in [3.63, 3.8) is 0 Å². The van der Waals surface area contributed by atoms with Gasteiger partial charge in [-0.15, -0.1) is 0 Å². The SMILES string of the molecule is O=C(Nc1ccccc1O)c1cc2ccc(OCc3ccccc3)cc2[nH]1. The number of carbonyl (C=O) groups is 1. The molecule has 1 amide bonds. The number of aromatic nitrogens is 1. The molecule has 0 aliphatic rings. The van der Waals surface area contributed by atoms with Crippen LogP contribution in [0.2, 0.25) is 0 Å². The second-order valence-electron chi connectivity index (χ2n) is 6.18. The summed E-state index contributed by atoms with van der Waals surface area (Å²) >= 11 is 0. The number of ether oxygens (including phenoxy) is 1. The number of phenolic OH excluding ortho intramolecular Hbond substituents is 1. The van der Waals surface area contributed by atoms with Gasteiger partial charge in [0.15, 0.2) is 0 Å². The minimum atomic E-state index is -0.320. The van der Waals surface area contributed by atoms with E-state index in [0.717, 1.165) is 22.2 Å². The molecule has 0 radical (unpaired) electrons. The van der Waals surface area contributed by atoms with Crippen LogP contribution >= 0.6 is 0 Å². The van der Waals surface area contributed by atoms with Gasteiger partial charge in [0.1, 0.15) is 23.8 Å². The molecule has 1 aromatic heterocycles. The first-order valence-electron chi connectivity index (χ1n) is 8.58. The number of phenols is 1. The van der Waals surface area contributed by atoms with Crippen LogP contribution in [0.5, 0.6) is 11.5 Å². The van der Waals surface area contributed by atoms with Gasteiger partial charge in [-0.3, -0.25) is 4.79 Å². The van der Waals surface area contributed by atoms with Gasteiger partial charge in [-0.2, -0.15) is 0 Å². The Balaban J connectivity index is 1.50. The van der Waals surface area contributed by atoms with Crippen LogP contribution in [0.1, 0.15) is 16.1 Å². The number of rotatable bonds is 5. The highest BCUT2D eigenvalue weighted by molar-refractivity contribution is 6.06. The summed E-state index contributed by atoms with van der Waals surface area (Å²) in [5.74, 6) is 0.430. The highest BCUT2D eigenvalue weighted by Gasteiger charge is 2.12. The zero-order valence-electron chi connectivity index (χ0n) is 14.5. The third kappa shape index (κ3) is 3.77. The Morgan fingerprint density at radius 3 is 2.56 bits per heavy atom. The van der Waals surface area contributed by atoms with Crippen molar-refractivity contribution in [1.82, 2.24) is 4.98 Å². The number of amides is 1. The van der Waals surface area contributed by atoms with Gasteiger partial charge in [-0.1, -0.05) is 42.5 Å². The van der Waals surface area contributed by atoms with Crippen LogP contribution in [0, 0.1) is 0 Å². The summed E-state index contributed by atoms with van der Waals surface area (Å²) < 4.78 is 5.83. The van der Waals surface area contributed by atoms with Gasteiger partial charge in [0, 0.05) is 17.0 Å². The van der Waals surface area contributed by atoms with E-state index < -0.39 is 0 Å². The van der Waals surface area contributed by atoms with Gasteiger partial charge in [-0.05, 0) is 35.9 Å². The first-order valence-corrected chi connectivity index (χ1v) is 8.58. The molecule has 134 valence electrons. The second-order valence-corrected chi connectivity index (χ2v) is 6.18. The van der Waals surface area contributed by atoms with Crippen molar-refractivity contribution < 1.29 is 14.6 Å². The molecule has 1 heterocycles. The predicted octanol–water partition coefficient (Wildman–Crippen LogP) is 4.70. The topological polar surface area (TPSA) is 74.3 Å². The summed E-state index contributed by atoms with van der Waals surface area (Å²) in [4.78, 5) is 15.5. The van der Waals surface area contributed by atoms with E-state index in [4.69, 9.17) is 4.74 Å². The lowest BCUT2D eigenvalue weighted by molar-refractivity contribution is 0.102. The minimum Gasteiger partial charge on any atom is -0.506 e. The first kappa shape index (κ1) is 16.7. The van der Waals surface area contributed by atoms with Crippen molar-refractivity contribution in [3.05, 3.63) is 90.1 Å². The van der Waals surface area contributed by atoms with Crippen LogP contribution in [0.15, 0.2) is 78.9 Å². The van der Waals surface area contributed by atoms with Gasteiger partial charge < -0.3 is 20.1 Å². The van der Waals surface area contributed by atoms with E-state index in [1.165, 1.54) is 6.07 Å². The summed E-state index contributed by atoms with van der Waals surface area (Å²) in [5.41, 5.74) is 2.68. The Labute approximate surface area is 156 Å². The molecular weight excluding hydrogens is 340 g/mol. The molecule has 0 unspecified atom stereocenters. The molecule has 0 saturated carbocycles. The largest absolute Gasteiger partial charge is 0.506 e. The minimum absolute atomic E-state index is 0.0264. The maximum Gasteiger partial charge on any atom is 0.272 e. The summed E-state index contributed by atoms with van der Waals surface area (Å²) in [6.45, 7) is 0.480. The number of H-pyrrole nitrogens is 1. The van der Waals surface area contributed by atoms with Crippen LogP contribution in [0.4, 0.5) is 5.69 Å². The van der Waals surface area contributed by atoms with Crippen molar-refractivity contribution >= 4 is 22.5 Å². The molecule has 5 nitrogen and oxygen atoms in total. The molecule has 3 aromatic carbocycles. The summed E-state index contributed by atoms with van der Waals surface area (Å²) in [7, 11) is 0. The highest BCUT2D eigenvalue weighted by atomic mass is 16.5.